The Bertz CT molecular complexity index is 1820. The van der Waals surface area contributed by atoms with Crippen LogP contribution in [0.4, 0.5) is 5.69 Å². The Morgan fingerprint density at radius 2 is 1.61 bits per heavy atom. The van der Waals surface area contributed by atoms with Crippen LogP contribution in [0.25, 0.3) is 44.7 Å². The van der Waals surface area contributed by atoms with Gasteiger partial charge in [0.25, 0.3) is 5.91 Å². The van der Waals surface area contributed by atoms with Gasteiger partial charge >= 0.3 is 5.63 Å². The summed E-state index contributed by atoms with van der Waals surface area (Å²) in [6.45, 7) is 0. The molecular formula is C29H17BrN2O4. The van der Waals surface area contributed by atoms with E-state index in [4.69, 9.17) is 8.83 Å². The number of nitrogens with one attached hydrogen (secondary N) is 1. The number of para-hydroxylation sites is 1. The molecule has 0 aliphatic heterocycles. The minimum Gasteiger partial charge on any atom is -0.436 e. The monoisotopic (exact) mass is 536 g/mol. The van der Waals surface area contributed by atoms with Crippen molar-refractivity contribution in [2.24, 2.45) is 0 Å². The summed E-state index contributed by atoms with van der Waals surface area (Å²) < 4.78 is 12.3. The topological polar surface area (TPSA) is 85.3 Å². The average molecular weight is 537 g/mol. The number of anilines is 1. The number of aromatic nitrogens is 1. The number of carbonyl (C=O) groups is 1. The Morgan fingerprint density at radius 3 is 2.47 bits per heavy atom. The maximum atomic E-state index is 13.0. The lowest BCUT2D eigenvalue weighted by atomic mass is 10.0. The molecule has 0 aliphatic rings. The van der Waals surface area contributed by atoms with Crippen LogP contribution in [-0.2, 0) is 0 Å². The predicted octanol–water partition coefficient (Wildman–Crippen LogP) is 7.28. The molecule has 6 aromatic rings. The van der Waals surface area contributed by atoms with Gasteiger partial charge in [-0.25, -0.2) is 9.78 Å². The summed E-state index contributed by atoms with van der Waals surface area (Å²) >= 11 is 3.42. The first-order valence-corrected chi connectivity index (χ1v) is 11.9. The standard InChI is InChI=1S/C29H17BrN2O4/c30-21-10-8-17(9-11-21)28-32-24-16-22(12-13-26(24)35-28)31-27(33)20-6-3-5-18(14-20)23-15-19-4-1-2-7-25(19)36-29(23)34/h1-16H,(H,31,33). The highest BCUT2D eigenvalue weighted by atomic mass is 79.9. The van der Waals surface area contributed by atoms with Crippen molar-refractivity contribution in [1.29, 1.82) is 0 Å². The largest absolute Gasteiger partial charge is 0.436 e. The van der Waals surface area contributed by atoms with Crippen LogP contribution in [0.3, 0.4) is 0 Å². The zero-order valence-electron chi connectivity index (χ0n) is 18.7. The van der Waals surface area contributed by atoms with E-state index in [-0.39, 0.29) is 5.91 Å². The summed E-state index contributed by atoms with van der Waals surface area (Å²) in [7, 11) is 0. The molecule has 2 heterocycles. The molecule has 1 amide bonds. The molecule has 7 heteroatoms. The zero-order valence-corrected chi connectivity index (χ0v) is 20.3. The van der Waals surface area contributed by atoms with E-state index in [2.05, 4.69) is 26.2 Å². The van der Waals surface area contributed by atoms with E-state index >= 15 is 0 Å². The highest BCUT2D eigenvalue weighted by Crippen LogP contribution is 2.28. The van der Waals surface area contributed by atoms with Gasteiger partial charge in [0, 0.05) is 26.7 Å². The van der Waals surface area contributed by atoms with E-state index in [1.165, 1.54) is 0 Å². The number of rotatable bonds is 4. The van der Waals surface area contributed by atoms with Gasteiger partial charge in [0.1, 0.15) is 11.1 Å². The Balaban J connectivity index is 1.27. The number of amides is 1. The van der Waals surface area contributed by atoms with Gasteiger partial charge in [-0.15, -0.1) is 0 Å². The van der Waals surface area contributed by atoms with Crippen molar-refractivity contribution in [3.05, 3.63) is 118 Å². The van der Waals surface area contributed by atoms with Gasteiger partial charge in [0.05, 0.1) is 5.56 Å². The van der Waals surface area contributed by atoms with Gasteiger partial charge in [-0.05, 0) is 72.3 Å². The SMILES string of the molecule is O=C(Nc1ccc2oc(-c3ccc(Br)cc3)nc2c1)c1cccc(-c2cc3ccccc3oc2=O)c1. The Kier molecular flexibility index (Phi) is 5.47. The van der Waals surface area contributed by atoms with Crippen molar-refractivity contribution < 1.29 is 13.6 Å². The molecule has 0 bridgehead atoms. The number of oxazole rings is 1. The number of benzene rings is 4. The van der Waals surface area contributed by atoms with Gasteiger partial charge in [0.15, 0.2) is 5.58 Å². The van der Waals surface area contributed by atoms with Gasteiger partial charge in [-0.2, -0.15) is 0 Å². The molecule has 1 N–H and O–H groups in total. The Morgan fingerprint density at radius 1 is 0.778 bits per heavy atom. The minimum absolute atomic E-state index is 0.307. The smallest absolute Gasteiger partial charge is 0.344 e. The highest BCUT2D eigenvalue weighted by molar-refractivity contribution is 9.10. The van der Waals surface area contributed by atoms with Gasteiger partial charge in [-0.1, -0.05) is 46.3 Å². The summed E-state index contributed by atoms with van der Waals surface area (Å²) in [5, 5.41) is 3.71. The van der Waals surface area contributed by atoms with Crippen LogP contribution in [-0.4, -0.2) is 10.9 Å². The molecule has 0 aliphatic carbocycles. The fraction of sp³-hybridized carbons (Fsp3) is 0. The maximum absolute atomic E-state index is 13.0. The first-order valence-electron chi connectivity index (χ1n) is 11.1. The van der Waals surface area contributed by atoms with Crippen LogP contribution in [0.2, 0.25) is 0 Å². The number of halogens is 1. The number of fused-ring (bicyclic) bond motifs is 2. The predicted molar refractivity (Wildman–Crippen MR) is 143 cm³/mol. The molecule has 36 heavy (non-hydrogen) atoms. The van der Waals surface area contributed by atoms with Crippen molar-refractivity contribution in [2.45, 2.75) is 0 Å². The van der Waals surface area contributed by atoms with E-state index in [1.54, 1.807) is 54.6 Å². The third kappa shape index (κ3) is 4.21. The third-order valence-corrected chi connectivity index (χ3v) is 6.34. The second-order valence-electron chi connectivity index (χ2n) is 8.23. The third-order valence-electron chi connectivity index (χ3n) is 5.81. The lowest BCUT2D eigenvalue weighted by Crippen LogP contribution is -2.12. The lowest BCUT2D eigenvalue weighted by molar-refractivity contribution is 0.102. The number of carbonyl (C=O) groups excluding carboxylic acids is 1. The fourth-order valence-electron chi connectivity index (χ4n) is 4.02. The number of nitrogens with zero attached hydrogens (tertiary/aromatic N) is 1. The number of hydrogen-bond donors (Lipinski definition) is 1. The molecule has 0 spiro atoms. The molecule has 0 radical (unpaired) electrons. The van der Waals surface area contributed by atoms with E-state index in [1.807, 2.05) is 42.5 Å². The maximum Gasteiger partial charge on any atom is 0.344 e. The van der Waals surface area contributed by atoms with Crippen LogP contribution in [0.15, 0.2) is 115 Å². The molecule has 0 saturated heterocycles. The molecule has 6 nitrogen and oxygen atoms in total. The van der Waals surface area contributed by atoms with Crippen molar-refractivity contribution in [3.63, 3.8) is 0 Å². The molecule has 0 saturated carbocycles. The number of hydrogen-bond acceptors (Lipinski definition) is 5. The van der Waals surface area contributed by atoms with Crippen LogP contribution in [0.1, 0.15) is 10.4 Å². The minimum atomic E-state index is -0.454. The molecule has 4 aromatic carbocycles. The van der Waals surface area contributed by atoms with E-state index < -0.39 is 5.63 Å². The second kappa shape index (κ2) is 8.94. The summed E-state index contributed by atoms with van der Waals surface area (Å²) in [6.07, 6.45) is 0. The quantitative estimate of drug-likeness (QED) is 0.239. The molecule has 6 rings (SSSR count). The van der Waals surface area contributed by atoms with Crippen LogP contribution in [0, 0.1) is 0 Å². The van der Waals surface area contributed by atoms with E-state index in [0.717, 1.165) is 15.4 Å². The summed E-state index contributed by atoms with van der Waals surface area (Å²) in [6, 6.07) is 29.0. The highest BCUT2D eigenvalue weighted by Gasteiger charge is 2.13. The Hall–Kier alpha value is -4.49. The summed E-state index contributed by atoms with van der Waals surface area (Å²) in [5.41, 5.74) is 4.17. The summed E-state index contributed by atoms with van der Waals surface area (Å²) in [5.74, 6) is 0.195. The molecule has 2 aromatic heterocycles. The summed E-state index contributed by atoms with van der Waals surface area (Å²) in [4.78, 5) is 30.2. The van der Waals surface area contributed by atoms with Crippen LogP contribution in [0.5, 0.6) is 0 Å². The van der Waals surface area contributed by atoms with E-state index in [0.29, 0.717) is 45.0 Å². The molecule has 0 atom stereocenters. The second-order valence-corrected chi connectivity index (χ2v) is 9.14. The van der Waals surface area contributed by atoms with Crippen molar-refractivity contribution in [2.75, 3.05) is 5.32 Å². The molecule has 174 valence electrons. The molecular weight excluding hydrogens is 520 g/mol. The van der Waals surface area contributed by atoms with Crippen LogP contribution < -0.4 is 10.9 Å². The van der Waals surface area contributed by atoms with Crippen molar-refractivity contribution in [1.82, 2.24) is 4.98 Å². The zero-order chi connectivity index (χ0) is 24.6. The molecule has 0 fully saturated rings. The average Bonchev–Trinajstić information content (AvgIpc) is 3.32. The lowest BCUT2D eigenvalue weighted by Gasteiger charge is -2.07. The van der Waals surface area contributed by atoms with Gasteiger partial charge < -0.3 is 14.2 Å². The van der Waals surface area contributed by atoms with Crippen molar-refractivity contribution >= 4 is 49.6 Å². The van der Waals surface area contributed by atoms with E-state index in [9.17, 15) is 9.59 Å². The molecule has 0 unspecified atom stereocenters. The first kappa shape index (κ1) is 22.0. The van der Waals surface area contributed by atoms with Crippen LogP contribution >= 0.6 is 15.9 Å². The van der Waals surface area contributed by atoms with Crippen molar-refractivity contribution in [3.8, 4) is 22.6 Å². The van der Waals surface area contributed by atoms with Gasteiger partial charge in [0.2, 0.25) is 5.89 Å². The first-order chi connectivity index (χ1) is 17.5. The Labute approximate surface area is 213 Å². The normalized spacial score (nSPS) is 11.1. The fourth-order valence-corrected chi connectivity index (χ4v) is 4.28. The van der Waals surface area contributed by atoms with Gasteiger partial charge in [-0.3, -0.25) is 4.79 Å².